The van der Waals surface area contributed by atoms with E-state index in [2.05, 4.69) is 0 Å². The van der Waals surface area contributed by atoms with Gasteiger partial charge in [0.1, 0.15) is 0 Å². The number of carbonyl (C=O) groups is 4. The summed E-state index contributed by atoms with van der Waals surface area (Å²) < 4.78 is 0. The SMILES string of the molecule is O.O.O.O.O.O.O.O.O=C(O)c1c(Cl)cccc1Cl.O=C(O)c1c(Cl)cccc1Cl.O=C(O)c1c(Cl)cccc1Cl.O=C(O)c1c(Cl)cccc1Cl.OC(O)c1c(Cl)cccc1Cl.OC(O)c1c(Cl)cccc1Cl.[Nd].[Nd]. The predicted octanol–water partition coefficient (Wildman–Crippen LogP) is 8.12. The zero-order valence-electron chi connectivity index (χ0n) is 37.3. The Hall–Kier alpha value is -1.10. The van der Waals surface area contributed by atoms with Crippen molar-refractivity contribution in [1.29, 1.82) is 0 Å². The third-order valence-electron chi connectivity index (χ3n) is 7.22. The van der Waals surface area contributed by atoms with Gasteiger partial charge in [-0.2, -0.15) is 0 Å². The molecule has 0 aromatic heterocycles. The van der Waals surface area contributed by atoms with Crippen molar-refractivity contribution >= 4 is 163 Å². The van der Waals surface area contributed by atoms with Crippen LogP contribution in [0.15, 0.2) is 109 Å². The average Bonchev–Trinajstić information content (AvgIpc) is 3.18. The molecule has 0 saturated heterocycles. The number of aromatic carboxylic acids is 4. The minimum Gasteiger partial charge on any atom is -0.478 e. The molecule has 0 heterocycles. The molecule has 24 N–H and O–H groups in total. The molecule has 0 amide bonds. The molecule has 0 bridgehead atoms. The van der Waals surface area contributed by atoms with Crippen LogP contribution in [0, 0.1) is 81.7 Å². The first kappa shape index (κ1) is 97.1. The summed E-state index contributed by atoms with van der Waals surface area (Å²) in [5.41, 5.74) is 0.116. The van der Waals surface area contributed by atoms with Crippen molar-refractivity contribution < 1.29 is 186 Å². The second kappa shape index (κ2) is 49.7. The van der Waals surface area contributed by atoms with Crippen LogP contribution in [0.4, 0.5) is 0 Å². The second-order valence-corrected chi connectivity index (χ2v) is 16.5. The summed E-state index contributed by atoms with van der Waals surface area (Å²) in [6, 6.07) is 27.7. The van der Waals surface area contributed by atoms with E-state index >= 15 is 0 Å². The second-order valence-electron chi connectivity index (χ2n) is 11.6. The summed E-state index contributed by atoms with van der Waals surface area (Å²) in [7, 11) is 0. The van der Waals surface area contributed by atoms with Crippen LogP contribution in [0.3, 0.4) is 0 Å². The first-order valence-corrected chi connectivity index (χ1v) is 21.6. The number of carboxylic acid groups (broad SMARTS) is 4. The molecule has 34 heteroatoms. The topological polar surface area (TPSA) is 482 Å². The fourth-order valence-electron chi connectivity index (χ4n) is 4.32. The summed E-state index contributed by atoms with van der Waals surface area (Å²) in [4.78, 5) is 41.9. The first-order valence-electron chi connectivity index (χ1n) is 17.1. The number of aliphatic hydroxyl groups excluding tert-OH is 2. The molecule has 0 radical (unpaired) electrons. The van der Waals surface area contributed by atoms with E-state index < -0.39 is 36.5 Å². The van der Waals surface area contributed by atoms with Crippen molar-refractivity contribution in [2.45, 2.75) is 12.6 Å². The molecule has 6 aromatic carbocycles. The van der Waals surface area contributed by atoms with Gasteiger partial charge >= 0.3 is 23.9 Å². The molecule has 76 heavy (non-hydrogen) atoms. The molecule has 20 nitrogen and oxygen atoms in total. The van der Waals surface area contributed by atoms with E-state index in [0.29, 0.717) is 0 Å². The van der Waals surface area contributed by atoms with Gasteiger partial charge < -0.3 is 84.7 Å². The predicted molar refractivity (Wildman–Crippen MR) is 290 cm³/mol. The molecular weight excluding hydrogens is 1540 g/mol. The van der Waals surface area contributed by atoms with E-state index in [4.69, 9.17) is 180 Å². The molecular formula is C42H44Cl12Nd2O20. The Balaban J connectivity index is -0.0000000838. The van der Waals surface area contributed by atoms with Crippen LogP contribution in [0.2, 0.25) is 60.3 Å². The molecule has 0 aliphatic rings. The number of aliphatic hydroxyl groups is 4. The van der Waals surface area contributed by atoms with E-state index in [0.717, 1.165) is 0 Å². The number of carboxylic acids is 4. The minimum absolute atomic E-state index is 0. The molecule has 0 spiro atoms. The van der Waals surface area contributed by atoms with Gasteiger partial charge in [-0.1, -0.05) is 176 Å². The Morgan fingerprint density at radius 3 is 0.434 bits per heavy atom. The van der Waals surface area contributed by atoms with E-state index in [1.807, 2.05) is 0 Å². The van der Waals surface area contributed by atoms with Crippen LogP contribution in [0.5, 0.6) is 0 Å². The monoisotopic (exact) mass is 1570 g/mol. The maximum Gasteiger partial charge on any atom is 0.338 e. The molecule has 424 valence electrons. The third-order valence-corrected chi connectivity index (χ3v) is 11.1. The smallest absolute Gasteiger partial charge is 0.338 e. The van der Waals surface area contributed by atoms with Gasteiger partial charge in [-0.05, 0) is 72.8 Å². The Morgan fingerprint density at radius 2 is 0.368 bits per heavy atom. The summed E-state index contributed by atoms with van der Waals surface area (Å²) >= 11 is 67.0. The number of hydrogen-bond acceptors (Lipinski definition) is 8. The normalized spacial score (nSPS) is 8.66. The van der Waals surface area contributed by atoms with E-state index in [1.54, 1.807) is 60.7 Å². The maximum absolute atomic E-state index is 10.5. The first-order chi connectivity index (χ1) is 30.8. The third kappa shape index (κ3) is 33.0. The Kier molecular flexibility index (Phi) is 63.5. The van der Waals surface area contributed by atoms with E-state index in [-0.39, 0.29) is 219 Å². The van der Waals surface area contributed by atoms with Gasteiger partial charge in [0, 0.05) is 92.8 Å². The molecule has 0 fully saturated rings. The zero-order chi connectivity index (χ0) is 50.6. The van der Waals surface area contributed by atoms with Crippen molar-refractivity contribution in [3.05, 3.63) is 203 Å². The van der Waals surface area contributed by atoms with Crippen LogP contribution in [0.25, 0.3) is 0 Å². The number of benzene rings is 6. The Morgan fingerprint density at radius 1 is 0.263 bits per heavy atom. The molecule has 0 saturated carbocycles. The van der Waals surface area contributed by atoms with Gasteiger partial charge in [0.25, 0.3) is 0 Å². The Bertz CT molecular complexity index is 2240. The van der Waals surface area contributed by atoms with Gasteiger partial charge in [-0.15, -0.1) is 0 Å². The quantitative estimate of drug-likeness (QED) is 0.0733. The number of rotatable bonds is 6. The van der Waals surface area contributed by atoms with Crippen molar-refractivity contribution in [1.82, 2.24) is 0 Å². The summed E-state index contributed by atoms with van der Waals surface area (Å²) in [5, 5.41) is 71.7. The molecule has 0 unspecified atom stereocenters. The van der Waals surface area contributed by atoms with Gasteiger partial charge in [-0.25, -0.2) is 19.2 Å². The van der Waals surface area contributed by atoms with Crippen molar-refractivity contribution in [3.8, 4) is 0 Å². The van der Waals surface area contributed by atoms with Crippen LogP contribution in [0.1, 0.15) is 65.1 Å². The van der Waals surface area contributed by atoms with Gasteiger partial charge in [0.05, 0.1) is 82.5 Å². The summed E-state index contributed by atoms with van der Waals surface area (Å²) in [6.45, 7) is 0. The summed E-state index contributed by atoms with van der Waals surface area (Å²) in [6.07, 6.45) is -3.23. The standard InChI is InChI=1S/2C7H6Cl2O2.4C7H4Cl2O2.2Nd.8H2O/c6*8-4-2-1-3-5(9)6(4)7(10)11;;;;;;;;;;/h2*1-3,7,10-11H;4*1-3H,(H,10,11);;;8*1H2. The average molecular weight is 1580 g/mol. The summed E-state index contributed by atoms with van der Waals surface area (Å²) in [5.74, 6) is -4.44. The molecule has 0 aliphatic heterocycles. The van der Waals surface area contributed by atoms with Crippen LogP contribution >= 0.6 is 139 Å². The minimum atomic E-state index is -1.61. The zero-order valence-corrected chi connectivity index (χ0v) is 52.8. The van der Waals surface area contributed by atoms with Crippen LogP contribution in [-0.4, -0.2) is 109 Å². The maximum atomic E-state index is 10.5. The van der Waals surface area contributed by atoms with Crippen LogP contribution in [-0.2, 0) is 0 Å². The van der Waals surface area contributed by atoms with Crippen LogP contribution < -0.4 is 0 Å². The fourth-order valence-corrected chi connectivity index (χ4v) is 7.74. The van der Waals surface area contributed by atoms with Gasteiger partial charge in [-0.3, -0.25) is 0 Å². The molecule has 6 aromatic rings. The van der Waals surface area contributed by atoms with Gasteiger partial charge in [0.2, 0.25) is 0 Å². The Labute approximate surface area is 556 Å². The number of hydrogen-bond donors (Lipinski definition) is 8. The van der Waals surface area contributed by atoms with Crippen molar-refractivity contribution in [2.75, 3.05) is 0 Å². The number of halogens is 12. The van der Waals surface area contributed by atoms with Crippen molar-refractivity contribution in [2.24, 2.45) is 0 Å². The molecule has 6 rings (SSSR count). The largest absolute Gasteiger partial charge is 0.478 e. The molecule has 0 aliphatic carbocycles. The fraction of sp³-hybridized carbons (Fsp3) is 0.0476. The van der Waals surface area contributed by atoms with Gasteiger partial charge in [0.15, 0.2) is 12.6 Å². The molecule has 0 atom stereocenters. The van der Waals surface area contributed by atoms with E-state index in [9.17, 15) is 19.2 Å². The van der Waals surface area contributed by atoms with E-state index in [1.165, 1.54) is 48.5 Å². The van der Waals surface area contributed by atoms with Crippen molar-refractivity contribution in [3.63, 3.8) is 0 Å².